The molecule has 0 saturated carbocycles. The van der Waals surface area contributed by atoms with Crippen LogP contribution in [0.15, 0.2) is 30.5 Å². The zero-order valence-corrected chi connectivity index (χ0v) is 17.2. The Labute approximate surface area is 165 Å². The number of carbonyl (C=O) groups is 1. The van der Waals surface area contributed by atoms with Crippen LogP contribution in [0.1, 0.15) is 35.2 Å². The van der Waals surface area contributed by atoms with E-state index >= 15 is 0 Å². The minimum atomic E-state index is -0.514. The number of rotatable bonds is 7. The highest BCUT2D eigenvalue weighted by Crippen LogP contribution is 2.36. The van der Waals surface area contributed by atoms with Gasteiger partial charge in [-0.1, -0.05) is 12.1 Å². The lowest BCUT2D eigenvalue weighted by Gasteiger charge is -2.41. The van der Waals surface area contributed by atoms with Crippen LogP contribution < -0.4 is 4.74 Å². The predicted octanol–water partition coefficient (Wildman–Crippen LogP) is 3.85. The molecule has 0 radical (unpaired) electrons. The largest absolute Gasteiger partial charge is 0.497 e. The van der Waals surface area contributed by atoms with Crippen LogP contribution in [0.2, 0.25) is 0 Å². The third-order valence-corrected chi connectivity index (χ3v) is 5.99. The first-order valence-corrected chi connectivity index (χ1v) is 10.3. The number of ether oxygens (including phenoxy) is 2. The summed E-state index contributed by atoms with van der Waals surface area (Å²) in [5.41, 5.74) is 0.596. The minimum Gasteiger partial charge on any atom is -0.497 e. The van der Waals surface area contributed by atoms with E-state index in [2.05, 4.69) is 16.0 Å². The molecule has 0 bridgehead atoms. The van der Waals surface area contributed by atoms with Gasteiger partial charge < -0.3 is 9.47 Å². The van der Waals surface area contributed by atoms with E-state index < -0.39 is 5.41 Å². The number of thiazole rings is 1. The number of carbonyl (C=O) groups excluding carboxylic acids is 1. The summed E-state index contributed by atoms with van der Waals surface area (Å²) in [6.07, 6.45) is 4.45. The third kappa shape index (κ3) is 4.87. The van der Waals surface area contributed by atoms with E-state index in [1.54, 1.807) is 18.4 Å². The van der Waals surface area contributed by atoms with Crippen LogP contribution in [0, 0.1) is 12.3 Å². The van der Waals surface area contributed by atoms with Crippen molar-refractivity contribution < 1.29 is 14.3 Å². The van der Waals surface area contributed by atoms with E-state index in [1.165, 1.54) is 4.88 Å². The molecule has 1 atom stereocenters. The molecule has 1 saturated heterocycles. The van der Waals surface area contributed by atoms with Crippen molar-refractivity contribution in [1.29, 1.82) is 0 Å². The number of hydrogen-bond donors (Lipinski definition) is 0. The summed E-state index contributed by atoms with van der Waals surface area (Å²) >= 11 is 1.72. The van der Waals surface area contributed by atoms with E-state index in [0.717, 1.165) is 42.3 Å². The maximum atomic E-state index is 13.0. The molecule has 1 fully saturated rings. The van der Waals surface area contributed by atoms with Crippen molar-refractivity contribution in [3.05, 3.63) is 45.9 Å². The summed E-state index contributed by atoms with van der Waals surface area (Å²) < 4.78 is 10.9. The molecule has 1 aromatic carbocycles. The second-order valence-electron chi connectivity index (χ2n) is 7.19. The fourth-order valence-corrected chi connectivity index (χ4v) is 4.74. The molecule has 1 aliphatic rings. The number of benzene rings is 1. The molecule has 2 aromatic rings. The lowest BCUT2D eigenvalue weighted by molar-refractivity contribution is -0.159. The predicted molar refractivity (Wildman–Crippen MR) is 107 cm³/mol. The Morgan fingerprint density at radius 3 is 2.96 bits per heavy atom. The van der Waals surface area contributed by atoms with Gasteiger partial charge in [-0.2, -0.15) is 0 Å². The molecular weight excluding hydrogens is 360 g/mol. The van der Waals surface area contributed by atoms with Gasteiger partial charge in [0.25, 0.3) is 0 Å². The summed E-state index contributed by atoms with van der Waals surface area (Å²) in [4.78, 5) is 21.0. The highest BCUT2D eigenvalue weighted by molar-refractivity contribution is 7.11. The molecule has 3 rings (SSSR count). The normalized spacial score (nSPS) is 20.4. The molecular formula is C21H28N2O3S. The lowest BCUT2D eigenvalue weighted by atomic mass is 9.75. The van der Waals surface area contributed by atoms with Crippen LogP contribution in [0.3, 0.4) is 0 Å². The van der Waals surface area contributed by atoms with Crippen LogP contribution in [-0.4, -0.2) is 42.7 Å². The van der Waals surface area contributed by atoms with Crippen molar-refractivity contribution in [3.8, 4) is 5.75 Å². The first-order chi connectivity index (χ1) is 13.0. The van der Waals surface area contributed by atoms with Crippen molar-refractivity contribution in [3.63, 3.8) is 0 Å². The smallest absolute Gasteiger partial charge is 0.313 e. The van der Waals surface area contributed by atoms with E-state index in [9.17, 15) is 4.79 Å². The van der Waals surface area contributed by atoms with Crippen molar-refractivity contribution in [2.75, 3.05) is 26.8 Å². The van der Waals surface area contributed by atoms with Crippen molar-refractivity contribution in [1.82, 2.24) is 9.88 Å². The molecule has 6 heteroatoms. The summed E-state index contributed by atoms with van der Waals surface area (Å²) in [7, 11) is 1.67. The van der Waals surface area contributed by atoms with Crippen LogP contribution in [0.25, 0.3) is 0 Å². The number of methoxy groups -OCH3 is 1. The Morgan fingerprint density at radius 2 is 2.26 bits per heavy atom. The Morgan fingerprint density at radius 1 is 1.41 bits per heavy atom. The van der Waals surface area contributed by atoms with Crippen LogP contribution in [0.5, 0.6) is 5.75 Å². The number of aryl methyl sites for hydroxylation is 1. The Bertz CT molecular complexity index is 776. The highest BCUT2D eigenvalue weighted by atomic mass is 32.1. The fourth-order valence-electron chi connectivity index (χ4n) is 3.90. The zero-order chi connectivity index (χ0) is 19.3. The first kappa shape index (κ1) is 19.8. The highest BCUT2D eigenvalue weighted by Gasteiger charge is 2.43. The number of nitrogens with zero attached hydrogens (tertiary/aromatic N) is 2. The van der Waals surface area contributed by atoms with Gasteiger partial charge in [-0.05, 0) is 57.4 Å². The van der Waals surface area contributed by atoms with Crippen molar-refractivity contribution in [2.45, 2.75) is 39.7 Å². The molecule has 0 unspecified atom stereocenters. The average molecular weight is 389 g/mol. The quantitative estimate of drug-likeness (QED) is 0.675. The monoisotopic (exact) mass is 388 g/mol. The van der Waals surface area contributed by atoms with E-state index in [1.807, 2.05) is 38.2 Å². The van der Waals surface area contributed by atoms with Gasteiger partial charge in [0.05, 0.1) is 24.1 Å². The number of piperidine rings is 1. The summed E-state index contributed by atoms with van der Waals surface area (Å²) in [6.45, 7) is 6.85. The maximum absolute atomic E-state index is 13.0. The standard InChI is InChI=1S/C21H28N2O3S/c1-4-26-20(24)21(12-17-7-5-8-18(11-17)25-3)9-6-10-23(15-21)14-19-13-22-16(2)27-19/h5,7-8,11,13H,4,6,9-10,12,14-15H2,1-3H3/t21-/m0/s1. The van der Waals surface area contributed by atoms with Gasteiger partial charge in [0.2, 0.25) is 0 Å². The van der Waals surface area contributed by atoms with Crippen LogP contribution in [0.4, 0.5) is 0 Å². The number of hydrogen-bond acceptors (Lipinski definition) is 6. The van der Waals surface area contributed by atoms with Crippen LogP contribution in [-0.2, 0) is 22.5 Å². The molecule has 27 heavy (non-hydrogen) atoms. The van der Waals surface area contributed by atoms with Gasteiger partial charge in [0, 0.05) is 24.2 Å². The van der Waals surface area contributed by atoms with Crippen molar-refractivity contribution in [2.24, 2.45) is 5.41 Å². The maximum Gasteiger partial charge on any atom is 0.313 e. The van der Waals surface area contributed by atoms with Gasteiger partial charge in [0.15, 0.2) is 0 Å². The van der Waals surface area contributed by atoms with Gasteiger partial charge in [-0.25, -0.2) is 4.98 Å². The fraction of sp³-hybridized carbons (Fsp3) is 0.524. The van der Waals surface area contributed by atoms with Gasteiger partial charge >= 0.3 is 5.97 Å². The second kappa shape index (κ2) is 8.85. The van der Waals surface area contributed by atoms with E-state index in [-0.39, 0.29) is 5.97 Å². The Balaban J connectivity index is 1.81. The molecule has 5 nitrogen and oxygen atoms in total. The summed E-state index contributed by atoms with van der Waals surface area (Å²) in [5, 5.41) is 1.08. The molecule has 0 amide bonds. The van der Waals surface area contributed by atoms with E-state index in [4.69, 9.17) is 9.47 Å². The van der Waals surface area contributed by atoms with E-state index in [0.29, 0.717) is 19.6 Å². The summed E-state index contributed by atoms with van der Waals surface area (Å²) in [6, 6.07) is 8.00. The van der Waals surface area contributed by atoms with Gasteiger partial charge in [0.1, 0.15) is 5.75 Å². The van der Waals surface area contributed by atoms with Crippen LogP contribution >= 0.6 is 11.3 Å². The number of likely N-dealkylation sites (tertiary alicyclic amines) is 1. The molecule has 0 aliphatic carbocycles. The molecule has 1 aliphatic heterocycles. The Hall–Kier alpha value is -1.92. The van der Waals surface area contributed by atoms with Gasteiger partial charge in [-0.3, -0.25) is 9.69 Å². The topological polar surface area (TPSA) is 51.7 Å². The first-order valence-electron chi connectivity index (χ1n) is 9.48. The molecule has 146 valence electrons. The number of esters is 1. The number of aromatic nitrogens is 1. The third-order valence-electron chi connectivity index (χ3n) is 5.09. The minimum absolute atomic E-state index is 0.0852. The van der Waals surface area contributed by atoms with Crippen molar-refractivity contribution >= 4 is 17.3 Å². The molecule has 1 aromatic heterocycles. The second-order valence-corrected chi connectivity index (χ2v) is 8.51. The lowest BCUT2D eigenvalue weighted by Crippen LogP contribution is -2.49. The zero-order valence-electron chi connectivity index (χ0n) is 16.4. The molecule has 0 N–H and O–H groups in total. The SMILES string of the molecule is CCOC(=O)[C@]1(Cc2cccc(OC)c2)CCCN(Cc2cnc(C)s2)C1. The summed E-state index contributed by atoms with van der Waals surface area (Å²) in [5.74, 6) is 0.734. The Kier molecular flexibility index (Phi) is 6.50. The average Bonchev–Trinajstić information content (AvgIpc) is 3.07. The molecule has 2 heterocycles. The molecule has 0 spiro atoms. The van der Waals surface area contributed by atoms with Gasteiger partial charge in [-0.15, -0.1) is 11.3 Å².